The third-order valence-electron chi connectivity index (χ3n) is 3.57. The Morgan fingerprint density at radius 3 is 1.60 bits per heavy atom. The topological polar surface area (TPSA) is 0 Å². The fourth-order valence-corrected chi connectivity index (χ4v) is 9.45. The molecule has 0 aromatic heterocycles. The van der Waals surface area contributed by atoms with Gasteiger partial charge in [-0.25, -0.2) is 0 Å². The lowest BCUT2D eigenvalue weighted by molar-refractivity contribution is 1.02. The van der Waals surface area contributed by atoms with Crippen LogP contribution in [-0.4, -0.2) is 22.6 Å². The fraction of sp³-hybridized carbons (Fsp3) is 0.667. The van der Waals surface area contributed by atoms with E-state index in [1.54, 1.807) is 10.6 Å². The minimum Gasteiger partial charge on any atom is -0.0693 e. The van der Waals surface area contributed by atoms with E-state index in [9.17, 15) is 0 Å². The van der Waals surface area contributed by atoms with E-state index in [1.807, 2.05) is 0 Å². The van der Waals surface area contributed by atoms with Gasteiger partial charge in [-0.3, -0.25) is 0 Å². The molecule has 20 heavy (non-hydrogen) atoms. The first-order valence-electron chi connectivity index (χ1n) is 7.84. The van der Waals surface area contributed by atoms with Gasteiger partial charge in [-0.05, 0) is 39.3 Å². The van der Waals surface area contributed by atoms with Gasteiger partial charge < -0.3 is 0 Å². The van der Waals surface area contributed by atoms with Crippen LogP contribution in [0.3, 0.4) is 0 Å². The molecule has 0 aliphatic heterocycles. The van der Waals surface area contributed by atoms with Gasteiger partial charge in [0.2, 0.25) is 0 Å². The van der Waals surface area contributed by atoms with Gasteiger partial charge in [0, 0.05) is 0 Å². The van der Waals surface area contributed by atoms with Crippen molar-refractivity contribution in [2.24, 2.45) is 0 Å². The zero-order chi connectivity index (χ0) is 15.4. The maximum absolute atomic E-state index is 3.64. The van der Waals surface area contributed by atoms with E-state index >= 15 is 0 Å². The van der Waals surface area contributed by atoms with Crippen LogP contribution < -0.4 is 10.6 Å². The minimum atomic E-state index is -0.116. The maximum Gasteiger partial charge on any atom is -0.00803 e. The summed E-state index contributed by atoms with van der Waals surface area (Å²) in [5.74, 6) is 0. The molecule has 2 heteroatoms. The summed E-state index contributed by atoms with van der Waals surface area (Å²) in [6, 6.07) is 10.3. The van der Waals surface area contributed by atoms with Crippen LogP contribution in [0.5, 0.6) is 0 Å². The van der Waals surface area contributed by atoms with Gasteiger partial charge in [0.1, 0.15) is 0 Å². The Labute approximate surface area is 129 Å². The SMILES string of the molecule is CC(C)P(c1[c]cccc1P(C(C)C)C(C)C)C(C)C. The predicted octanol–water partition coefficient (Wildman–Crippen LogP) is 5.33. The zero-order valence-electron chi connectivity index (χ0n) is 14.4. The van der Waals surface area contributed by atoms with Crippen molar-refractivity contribution in [3.8, 4) is 0 Å². The Morgan fingerprint density at radius 1 is 0.750 bits per heavy atom. The van der Waals surface area contributed by atoms with E-state index in [4.69, 9.17) is 0 Å². The summed E-state index contributed by atoms with van der Waals surface area (Å²) >= 11 is 0. The first-order chi connectivity index (χ1) is 9.27. The highest BCUT2D eigenvalue weighted by atomic mass is 31.1. The van der Waals surface area contributed by atoms with Gasteiger partial charge in [-0.2, -0.15) is 0 Å². The molecule has 0 spiro atoms. The monoisotopic (exact) mass is 309 g/mol. The van der Waals surface area contributed by atoms with Crippen LogP contribution in [0.25, 0.3) is 0 Å². The molecule has 0 bridgehead atoms. The molecule has 1 aromatic carbocycles. The summed E-state index contributed by atoms with van der Waals surface area (Å²) in [5.41, 5.74) is 2.96. The summed E-state index contributed by atoms with van der Waals surface area (Å²) < 4.78 is 0. The van der Waals surface area contributed by atoms with E-state index in [-0.39, 0.29) is 15.8 Å². The Balaban J connectivity index is 3.34. The number of rotatable bonds is 6. The standard InChI is InChI=1S/C18H31P2/c1-13(2)19(14(3)4)17-11-9-10-12-18(17)20(15(5)6)16(7)8/h9-11,13-16H,1-8H3. The van der Waals surface area contributed by atoms with Crippen LogP contribution in [0.4, 0.5) is 0 Å². The Hall–Kier alpha value is 0.0800. The van der Waals surface area contributed by atoms with Crippen LogP contribution in [0, 0.1) is 6.07 Å². The van der Waals surface area contributed by atoms with E-state index < -0.39 is 0 Å². The smallest absolute Gasteiger partial charge is 0.00803 e. The number of benzene rings is 1. The normalized spacial score (nSPS) is 12.7. The Bertz CT molecular complexity index is 353. The van der Waals surface area contributed by atoms with Crippen molar-refractivity contribution in [2.45, 2.75) is 78.0 Å². The summed E-state index contributed by atoms with van der Waals surface area (Å²) in [6.07, 6.45) is 0. The second-order valence-corrected chi connectivity index (χ2v) is 13.3. The molecule has 0 fully saturated rings. The molecule has 0 nitrogen and oxygen atoms in total. The Morgan fingerprint density at radius 2 is 1.20 bits per heavy atom. The molecule has 1 aromatic rings. The summed E-state index contributed by atoms with van der Waals surface area (Å²) in [5, 5.41) is 3.18. The predicted molar refractivity (Wildman–Crippen MR) is 98.9 cm³/mol. The number of hydrogen-bond acceptors (Lipinski definition) is 0. The maximum atomic E-state index is 3.64. The van der Waals surface area contributed by atoms with Crippen LogP contribution >= 0.6 is 15.8 Å². The second-order valence-electron chi connectivity index (χ2n) is 6.59. The minimum absolute atomic E-state index is 0.0916. The number of hydrogen-bond donors (Lipinski definition) is 0. The van der Waals surface area contributed by atoms with Crippen molar-refractivity contribution >= 4 is 26.5 Å². The van der Waals surface area contributed by atoms with E-state index in [0.717, 1.165) is 22.6 Å². The lowest BCUT2D eigenvalue weighted by Gasteiger charge is -2.33. The molecule has 113 valence electrons. The van der Waals surface area contributed by atoms with E-state index in [1.165, 1.54) is 0 Å². The molecule has 1 rings (SSSR count). The van der Waals surface area contributed by atoms with Crippen molar-refractivity contribution in [2.75, 3.05) is 0 Å². The molecule has 0 unspecified atom stereocenters. The second kappa shape index (κ2) is 7.91. The van der Waals surface area contributed by atoms with Crippen molar-refractivity contribution in [3.05, 3.63) is 24.3 Å². The highest BCUT2D eigenvalue weighted by Crippen LogP contribution is 2.50. The van der Waals surface area contributed by atoms with Gasteiger partial charge >= 0.3 is 0 Å². The largest absolute Gasteiger partial charge is 0.0693 e. The summed E-state index contributed by atoms with van der Waals surface area (Å²) in [7, 11) is -0.208. The van der Waals surface area contributed by atoms with Crippen molar-refractivity contribution in [1.82, 2.24) is 0 Å². The van der Waals surface area contributed by atoms with Gasteiger partial charge in [0.15, 0.2) is 0 Å². The van der Waals surface area contributed by atoms with Crippen LogP contribution in [0.2, 0.25) is 0 Å². The highest BCUT2D eigenvalue weighted by Gasteiger charge is 2.27. The van der Waals surface area contributed by atoms with Crippen molar-refractivity contribution in [3.63, 3.8) is 0 Å². The molecule has 0 saturated heterocycles. The molecule has 0 atom stereocenters. The van der Waals surface area contributed by atoms with Crippen molar-refractivity contribution in [1.29, 1.82) is 0 Å². The molecule has 0 N–H and O–H groups in total. The van der Waals surface area contributed by atoms with Crippen LogP contribution in [0.1, 0.15) is 55.4 Å². The quantitative estimate of drug-likeness (QED) is 0.623. The van der Waals surface area contributed by atoms with Gasteiger partial charge in [-0.15, -0.1) is 0 Å². The fourth-order valence-electron chi connectivity index (χ4n) is 3.10. The molecule has 0 heterocycles. The van der Waals surface area contributed by atoms with Gasteiger partial charge in [0.25, 0.3) is 0 Å². The lowest BCUT2D eigenvalue weighted by Crippen LogP contribution is -2.31. The molecule has 1 radical (unpaired) electrons. The molecule has 0 amide bonds. The van der Waals surface area contributed by atoms with Crippen LogP contribution in [0.15, 0.2) is 18.2 Å². The summed E-state index contributed by atoms with van der Waals surface area (Å²) in [4.78, 5) is 0. The zero-order valence-corrected chi connectivity index (χ0v) is 16.2. The first kappa shape index (κ1) is 18.1. The summed E-state index contributed by atoms with van der Waals surface area (Å²) in [6.45, 7) is 19.1. The van der Waals surface area contributed by atoms with Gasteiger partial charge in [0.05, 0.1) is 0 Å². The third-order valence-corrected chi connectivity index (χ3v) is 10.0. The van der Waals surface area contributed by atoms with E-state index in [0.29, 0.717) is 0 Å². The Kier molecular flexibility index (Phi) is 7.17. The average molecular weight is 309 g/mol. The molecule has 0 aliphatic rings. The van der Waals surface area contributed by atoms with Gasteiger partial charge in [-0.1, -0.05) is 89.4 Å². The van der Waals surface area contributed by atoms with Crippen molar-refractivity contribution < 1.29 is 0 Å². The third kappa shape index (κ3) is 4.29. The first-order valence-corrected chi connectivity index (χ1v) is 10.8. The molecule has 0 aliphatic carbocycles. The average Bonchev–Trinajstić information content (AvgIpc) is 2.29. The molecular weight excluding hydrogens is 278 g/mol. The van der Waals surface area contributed by atoms with Crippen LogP contribution in [-0.2, 0) is 0 Å². The molecular formula is C18H31P2. The lowest BCUT2D eigenvalue weighted by atomic mass is 10.4. The van der Waals surface area contributed by atoms with E-state index in [2.05, 4.69) is 79.7 Å². The molecule has 0 saturated carbocycles. The highest BCUT2D eigenvalue weighted by molar-refractivity contribution is 7.73.